The quantitative estimate of drug-likeness (QED) is 0.749. The molecule has 0 aliphatic heterocycles. The van der Waals surface area contributed by atoms with Crippen molar-refractivity contribution in [2.24, 2.45) is 11.7 Å². The van der Waals surface area contributed by atoms with Crippen LogP contribution < -0.4 is 5.73 Å². The Balaban J connectivity index is 2.71. The lowest BCUT2D eigenvalue weighted by Crippen LogP contribution is -2.24. The predicted octanol–water partition coefficient (Wildman–Crippen LogP) is 2.69. The number of carbonyl (C=O) groups is 1. The van der Waals surface area contributed by atoms with E-state index in [0.29, 0.717) is 11.6 Å². The fraction of sp³-hybridized carbons (Fsp3) is 0.500. The van der Waals surface area contributed by atoms with Gasteiger partial charge < -0.3 is 10.5 Å². The summed E-state index contributed by atoms with van der Waals surface area (Å²) in [5.41, 5.74) is 6.89. The number of esters is 1. The lowest BCUT2D eigenvalue weighted by Gasteiger charge is -2.19. The molecular weight excluding hydrogens is 214 g/mol. The minimum Gasteiger partial charge on any atom is -0.460 e. The lowest BCUT2D eigenvalue weighted by molar-refractivity contribution is -0.153. The van der Waals surface area contributed by atoms with E-state index in [4.69, 9.17) is 10.5 Å². The van der Waals surface area contributed by atoms with E-state index in [9.17, 15) is 4.79 Å². The Bertz CT molecular complexity index is 384. The van der Waals surface area contributed by atoms with Crippen LogP contribution in [0.1, 0.15) is 34.1 Å². The largest absolute Gasteiger partial charge is 0.460 e. The van der Waals surface area contributed by atoms with Gasteiger partial charge in [0, 0.05) is 5.70 Å². The van der Waals surface area contributed by atoms with Gasteiger partial charge in [-0.05, 0) is 38.3 Å². The van der Waals surface area contributed by atoms with Crippen molar-refractivity contribution in [3.63, 3.8) is 0 Å². The summed E-state index contributed by atoms with van der Waals surface area (Å²) in [5, 5.41) is 0. The lowest BCUT2D eigenvalue weighted by atomic mass is 10.1. The van der Waals surface area contributed by atoms with Gasteiger partial charge in [0.2, 0.25) is 0 Å². The molecule has 0 amide bonds. The number of nitrogens with two attached hydrogens (primary N) is 1. The number of hydrogen-bond acceptors (Lipinski definition) is 3. The monoisotopic (exact) mass is 235 g/mol. The molecule has 17 heavy (non-hydrogen) atoms. The van der Waals surface area contributed by atoms with E-state index in [1.807, 2.05) is 45.1 Å². The van der Waals surface area contributed by atoms with Crippen molar-refractivity contribution in [1.29, 1.82) is 0 Å². The molecule has 1 aliphatic carbocycles. The van der Waals surface area contributed by atoms with Crippen molar-refractivity contribution in [2.75, 3.05) is 0 Å². The van der Waals surface area contributed by atoms with Crippen LogP contribution in [0.15, 0.2) is 35.6 Å². The number of rotatable bonds is 2. The Morgan fingerprint density at radius 1 is 1.35 bits per heavy atom. The average Bonchev–Trinajstić information content (AvgIpc) is 2.30. The third-order valence-electron chi connectivity index (χ3n) is 2.31. The summed E-state index contributed by atoms with van der Waals surface area (Å²) >= 11 is 0. The standard InChI is InChI=1S/C14H21NO2/c1-10-5-7-11(12(15)8-6-10)9-13(16)17-14(2,3)4/h5-8,10H,9,15H2,1-4H3. The van der Waals surface area contributed by atoms with E-state index in [1.54, 1.807) is 0 Å². The Hall–Kier alpha value is -1.51. The van der Waals surface area contributed by atoms with Crippen molar-refractivity contribution in [3.05, 3.63) is 35.6 Å². The van der Waals surface area contributed by atoms with Crippen LogP contribution in [0.4, 0.5) is 0 Å². The smallest absolute Gasteiger partial charge is 0.310 e. The SMILES string of the molecule is CC1C=CC(N)=C(CC(=O)OC(C)(C)C)C=C1. The maximum absolute atomic E-state index is 11.7. The highest BCUT2D eigenvalue weighted by atomic mass is 16.6. The molecule has 1 aliphatic rings. The molecule has 0 radical (unpaired) electrons. The van der Waals surface area contributed by atoms with Crippen LogP contribution in [0.5, 0.6) is 0 Å². The van der Waals surface area contributed by atoms with Gasteiger partial charge >= 0.3 is 5.97 Å². The summed E-state index contributed by atoms with van der Waals surface area (Å²) < 4.78 is 5.27. The topological polar surface area (TPSA) is 52.3 Å². The maximum Gasteiger partial charge on any atom is 0.310 e. The number of ether oxygens (including phenoxy) is 1. The third-order valence-corrected chi connectivity index (χ3v) is 2.31. The van der Waals surface area contributed by atoms with Crippen LogP contribution in [0.3, 0.4) is 0 Å². The first-order valence-corrected chi connectivity index (χ1v) is 5.85. The summed E-state index contributed by atoms with van der Waals surface area (Å²) in [6.07, 6.45) is 8.01. The first-order valence-electron chi connectivity index (χ1n) is 5.85. The van der Waals surface area contributed by atoms with Gasteiger partial charge in [-0.15, -0.1) is 0 Å². The molecule has 0 aromatic heterocycles. The molecule has 0 fully saturated rings. The maximum atomic E-state index is 11.7. The third kappa shape index (κ3) is 4.89. The van der Waals surface area contributed by atoms with Crippen molar-refractivity contribution in [1.82, 2.24) is 0 Å². The van der Waals surface area contributed by atoms with E-state index in [0.717, 1.165) is 5.57 Å². The minimum atomic E-state index is -0.454. The Morgan fingerprint density at radius 3 is 2.53 bits per heavy atom. The summed E-state index contributed by atoms with van der Waals surface area (Å²) in [6.45, 7) is 7.63. The zero-order chi connectivity index (χ0) is 13.1. The molecule has 3 heteroatoms. The highest BCUT2D eigenvalue weighted by Gasteiger charge is 2.17. The average molecular weight is 235 g/mol. The number of hydrogen-bond donors (Lipinski definition) is 1. The van der Waals surface area contributed by atoms with Gasteiger partial charge in [0.1, 0.15) is 5.60 Å². The van der Waals surface area contributed by atoms with Gasteiger partial charge in [0.15, 0.2) is 0 Å². The van der Waals surface area contributed by atoms with Crippen molar-refractivity contribution in [3.8, 4) is 0 Å². The van der Waals surface area contributed by atoms with E-state index in [1.165, 1.54) is 0 Å². The van der Waals surface area contributed by atoms with E-state index >= 15 is 0 Å². The second kappa shape index (κ2) is 5.21. The Kier molecular flexibility index (Phi) is 4.16. The minimum absolute atomic E-state index is 0.219. The second-order valence-corrected chi connectivity index (χ2v) is 5.32. The fourth-order valence-corrected chi connectivity index (χ4v) is 1.48. The van der Waals surface area contributed by atoms with Crippen LogP contribution in [0.25, 0.3) is 0 Å². The highest BCUT2D eigenvalue weighted by molar-refractivity contribution is 5.74. The van der Waals surface area contributed by atoms with Gasteiger partial charge in [-0.3, -0.25) is 4.79 Å². The number of carbonyl (C=O) groups excluding carboxylic acids is 1. The molecular formula is C14H21NO2. The summed E-state index contributed by atoms with van der Waals surface area (Å²) in [4.78, 5) is 11.7. The van der Waals surface area contributed by atoms with E-state index in [-0.39, 0.29) is 12.4 Å². The normalized spacial score (nSPS) is 20.4. The van der Waals surface area contributed by atoms with Crippen LogP contribution >= 0.6 is 0 Å². The van der Waals surface area contributed by atoms with E-state index in [2.05, 4.69) is 6.92 Å². The van der Waals surface area contributed by atoms with Gasteiger partial charge in [-0.1, -0.05) is 25.2 Å². The fourth-order valence-electron chi connectivity index (χ4n) is 1.48. The molecule has 2 N–H and O–H groups in total. The van der Waals surface area contributed by atoms with Crippen LogP contribution in [-0.4, -0.2) is 11.6 Å². The van der Waals surface area contributed by atoms with Gasteiger partial charge in [-0.25, -0.2) is 0 Å². The zero-order valence-corrected chi connectivity index (χ0v) is 11.0. The Labute approximate surface area is 103 Å². The molecule has 1 unspecified atom stereocenters. The molecule has 1 atom stereocenters. The summed E-state index contributed by atoms with van der Waals surface area (Å²) in [6, 6.07) is 0. The highest BCUT2D eigenvalue weighted by Crippen LogP contribution is 2.18. The Morgan fingerprint density at radius 2 is 1.94 bits per heavy atom. The summed E-state index contributed by atoms with van der Waals surface area (Å²) in [7, 11) is 0. The van der Waals surface area contributed by atoms with Gasteiger partial charge in [0.05, 0.1) is 6.42 Å². The first kappa shape index (κ1) is 13.6. The predicted molar refractivity (Wildman–Crippen MR) is 69.1 cm³/mol. The van der Waals surface area contributed by atoms with Crippen molar-refractivity contribution >= 4 is 5.97 Å². The molecule has 0 saturated heterocycles. The molecule has 0 aromatic carbocycles. The molecule has 1 rings (SSSR count). The van der Waals surface area contributed by atoms with E-state index < -0.39 is 5.60 Å². The number of allylic oxidation sites excluding steroid dienone is 4. The molecule has 0 heterocycles. The first-order chi connectivity index (χ1) is 7.78. The van der Waals surface area contributed by atoms with Crippen LogP contribution in [-0.2, 0) is 9.53 Å². The molecule has 0 aromatic rings. The molecule has 0 saturated carbocycles. The molecule has 0 bridgehead atoms. The van der Waals surface area contributed by atoms with Crippen LogP contribution in [0, 0.1) is 5.92 Å². The summed E-state index contributed by atoms with van der Waals surface area (Å²) in [5.74, 6) is 0.0905. The van der Waals surface area contributed by atoms with Crippen molar-refractivity contribution in [2.45, 2.75) is 39.7 Å². The van der Waals surface area contributed by atoms with Gasteiger partial charge in [-0.2, -0.15) is 0 Å². The second-order valence-electron chi connectivity index (χ2n) is 5.32. The molecule has 0 spiro atoms. The molecule has 3 nitrogen and oxygen atoms in total. The van der Waals surface area contributed by atoms with Crippen LogP contribution in [0.2, 0.25) is 0 Å². The zero-order valence-electron chi connectivity index (χ0n) is 11.0. The van der Waals surface area contributed by atoms with Crippen molar-refractivity contribution < 1.29 is 9.53 Å². The molecule has 94 valence electrons. The van der Waals surface area contributed by atoms with Gasteiger partial charge in [0.25, 0.3) is 0 Å².